The van der Waals surface area contributed by atoms with Gasteiger partial charge in [0.05, 0.1) is 0 Å². The van der Waals surface area contributed by atoms with E-state index in [0.717, 1.165) is 29.4 Å². The summed E-state index contributed by atoms with van der Waals surface area (Å²) in [5.41, 5.74) is 0. The molecule has 0 spiro atoms. The fourth-order valence-corrected chi connectivity index (χ4v) is 2.03. The van der Waals surface area contributed by atoms with Gasteiger partial charge in [-0.1, -0.05) is 13.8 Å². The quantitative estimate of drug-likeness (QED) is 0.755. The second kappa shape index (κ2) is 3.25. The van der Waals surface area contributed by atoms with E-state index < -0.39 is 0 Å². The zero-order valence-corrected chi connectivity index (χ0v) is 8.90. The zero-order chi connectivity index (χ0) is 9.42. The molecule has 1 fully saturated rings. The van der Waals surface area contributed by atoms with Crippen molar-refractivity contribution in [3.63, 3.8) is 0 Å². The van der Waals surface area contributed by atoms with Crippen molar-refractivity contribution in [3.8, 4) is 0 Å². The Labute approximate surface area is 83.2 Å². The van der Waals surface area contributed by atoms with Gasteiger partial charge < -0.3 is 4.57 Å². The van der Waals surface area contributed by atoms with E-state index in [0.29, 0.717) is 6.04 Å². The molecule has 0 aromatic carbocycles. The molecule has 0 amide bonds. The Balaban J connectivity index is 2.30. The minimum atomic E-state index is 0.618. The molecule has 2 rings (SSSR count). The van der Waals surface area contributed by atoms with Crippen molar-refractivity contribution in [1.29, 1.82) is 0 Å². The van der Waals surface area contributed by atoms with Crippen LogP contribution >= 0.6 is 12.2 Å². The minimum absolute atomic E-state index is 0.618. The highest BCUT2D eigenvalue weighted by molar-refractivity contribution is 7.71. The summed E-state index contributed by atoms with van der Waals surface area (Å²) >= 11 is 5.20. The first kappa shape index (κ1) is 8.94. The number of aromatic nitrogens is 3. The number of aromatic amines is 1. The van der Waals surface area contributed by atoms with Crippen LogP contribution in [-0.2, 0) is 6.42 Å². The summed E-state index contributed by atoms with van der Waals surface area (Å²) < 4.78 is 2.99. The van der Waals surface area contributed by atoms with E-state index >= 15 is 0 Å². The van der Waals surface area contributed by atoms with Gasteiger partial charge in [-0.2, -0.15) is 5.10 Å². The van der Waals surface area contributed by atoms with E-state index in [9.17, 15) is 0 Å². The van der Waals surface area contributed by atoms with Crippen molar-refractivity contribution in [2.45, 2.75) is 39.2 Å². The van der Waals surface area contributed by atoms with Crippen molar-refractivity contribution < 1.29 is 0 Å². The molecule has 1 aromatic rings. The minimum Gasteiger partial charge on any atom is -0.301 e. The molecule has 3 nitrogen and oxygen atoms in total. The third kappa shape index (κ3) is 1.55. The molecule has 72 valence electrons. The Morgan fingerprint density at radius 2 is 2.38 bits per heavy atom. The van der Waals surface area contributed by atoms with Gasteiger partial charge in [-0.3, -0.25) is 5.10 Å². The molecule has 13 heavy (non-hydrogen) atoms. The fourth-order valence-electron chi connectivity index (χ4n) is 1.74. The molecule has 0 radical (unpaired) electrons. The van der Waals surface area contributed by atoms with E-state index in [4.69, 9.17) is 12.2 Å². The molecule has 0 saturated heterocycles. The summed E-state index contributed by atoms with van der Waals surface area (Å²) in [5, 5.41) is 7.13. The van der Waals surface area contributed by atoms with Crippen LogP contribution in [0, 0.1) is 10.7 Å². The van der Waals surface area contributed by atoms with Crippen LogP contribution in [0.4, 0.5) is 0 Å². The van der Waals surface area contributed by atoms with Gasteiger partial charge in [-0.15, -0.1) is 0 Å². The normalized spacial score (nSPS) is 26.3. The Bertz CT molecular complexity index is 352. The van der Waals surface area contributed by atoms with E-state index in [2.05, 4.69) is 28.6 Å². The first-order chi connectivity index (χ1) is 6.24. The van der Waals surface area contributed by atoms with Crippen molar-refractivity contribution >= 4 is 12.2 Å². The molecule has 1 aliphatic carbocycles. The predicted octanol–water partition coefficient (Wildman–Crippen LogP) is 2.47. The average Bonchev–Trinajstić information content (AvgIpc) is 2.68. The van der Waals surface area contributed by atoms with E-state index in [-0.39, 0.29) is 0 Å². The molecular weight excluding hydrogens is 182 g/mol. The number of hydrogen-bond donors (Lipinski definition) is 1. The number of nitrogens with one attached hydrogen (secondary N) is 1. The highest BCUT2D eigenvalue weighted by Crippen LogP contribution is 2.43. The highest BCUT2D eigenvalue weighted by Gasteiger charge is 2.36. The molecular formula is C9H15N3S. The van der Waals surface area contributed by atoms with Gasteiger partial charge in [0.25, 0.3) is 0 Å². The van der Waals surface area contributed by atoms with Gasteiger partial charge >= 0.3 is 0 Å². The monoisotopic (exact) mass is 197 g/mol. The number of nitrogens with zero attached hydrogens (tertiary/aromatic N) is 2. The maximum atomic E-state index is 5.20. The first-order valence-electron chi connectivity index (χ1n) is 4.89. The maximum absolute atomic E-state index is 5.20. The van der Waals surface area contributed by atoms with E-state index in [1.54, 1.807) is 0 Å². The lowest BCUT2D eigenvalue weighted by molar-refractivity contribution is 0.627. The Kier molecular flexibility index (Phi) is 2.24. The van der Waals surface area contributed by atoms with Crippen LogP contribution in [0.5, 0.6) is 0 Å². The lowest BCUT2D eigenvalue weighted by Gasteiger charge is -2.03. The summed E-state index contributed by atoms with van der Waals surface area (Å²) in [6.07, 6.45) is 3.40. The van der Waals surface area contributed by atoms with Crippen LogP contribution in [0.1, 0.15) is 38.6 Å². The maximum Gasteiger partial charge on any atom is 0.195 e. The summed E-state index contributed by atoms with van der Waals surface area (Å²) in [6, 6.07) is 0.618. The van der Waals surface area contributed by atoms with Crippen molar-refractivity contribution in [2.24, 2.45) is 5.92 Å². The summed E-state index contributed by atoms with van der Waals surface area (Å²) in [6.45, 7) is 4.42. The number of aryl methyl sites for hydroxylation is 1. The molecule has 0 bridgehead atoms. The highest BCUT2D eigenvalue weighted by atomic mass is 32.1. The summed E-state index contributed by atoms with van der Waals surface area (Å²) in [4.78, 5) is 0. The molecule has 1 aromatic heterocycles. The third-order valence-corrected chi connectivity index (χ3v) is 2.94. The lowest BCUT2D eigenvalue weighted by Crippen LogP contribution is -2.02. The standard InChI is InChI=1S/C9H15N3S/c1-3-4-8-10-11-9(13)12(8)7-5-6(7)2/h6-7H,3-5H2,1-2H3,(H,11,13). The van der Waals surface area contributed by atoms with Crippen LogP contribution in [0.2, 0.25) is 0 Å². The second-order valence-corrected chi connectivity index (χ2v) is 4.23. The molecule has 2 atom stereocenters. The van der Waals surface area contributed by atoms with Crippen molar-refractivity contribution in [2.75, 3.05) is 0 Å². The van der Waals surface area contributed by atoms with Crippen LogP contribution < -0.4 is 0 Å². The van der Waals surface area contributed by atoms with Crippen molar-refractivity contribution in [3.05, 3.63) is 10.6 Å². The average molecular weight is 197 g/mol. The lowest BCUT2D eigenvalue weighted by atomic mass is 10.3. The first-order valence-corrected chi connectivity index (χ1v) is 5.30. The third-order valence-electron chi connectivity index (χ3n) is 2.65. The molecule has 4 heteroatoms. The van der Waals surface area contributed by atoms with Crippen LogP contribution in [-0.4, -0.2) is 14.8 Å². The van der Waals surface area contributed by atoms with Gasteiger partial charge in [0.2, 0.25) is 0 Å². The predicted molar refractivity (Wildman–Crippen MR) is 54.2 cm³/mol. The topological polar surface area (TPSA) is 33.6 Å². The Hall–Kier alpha value is -0.640. The van der Waals surface area contributed by atoms with Gasteiger partial charge in [-0.25, -0.2) is 0 Å². The summed E-state index contributed by atoms with van der Waals surface area (Å²) in [7, 11) is 0. The number of H-pyrrole nitrogens is 1. The largest absolute Gasteiger partial charge is 0.301 e. The molecule has 1 saturated carbocycles. The molecule has 2 unspecified atom stereocenters. The second-order valence-electron chi connectivity index (χ2n) is 3.85. The van der Waals surface area contributed by atoms with Crippen LogP contribution in [0.15, 0.2) is 0 Å². The number of rotatable bonds is 3. The van der Waals surface area contributed by atoms with Gasteiger partial charge in [0.15, 0.2) is 4.77 Å². The Morgan fingerprint density at radius 1 is 1.69 bits per heavy atom. The van der Waals surface area contributed by atoms with Gasteiger partial charge in [-0.05, 0) is 31.0 Å². The molecule has 1 N–H and O–H groups in total. The molecule has 0 aliphatic heterocycles. The molecule has 1 heterocycles. The zero-order valence-electron chi connectivity index (χ0n) is 8.08. The van der Waals surface area contributed by atoms with E-state index in [1.165, 1.54) is 6.42 Å². The Morgan fingerprint density at radius 3 is 2.92 bits per heavy atom. The van der Waals surface area contributed by atoms with E-state index in [1.807, 2.05) is 0 Å². The van der Waals surface area contributed by atoms with Gasteiger partial charge in [0.1, 0.15) is 5.82 Å². The molecule has 1 aliphatic rings. The smallest absolute Gasteiger partial charge is 0.195 e. The van der Waals surface area contributed by atoms with Crippen LogP contribution in [0.25, 0.3) is 0 Å². The number of hydrogen-bond acceptors (Lipinski definition) is 2. The summed E-state index contributed by atoms with van der Waals surface area (Å²) in [5.74, 6) is 1.90. The van der Waals surface area contributed by atoms with Gasteiger partial charge in [0, 0.05) is 12.5 Å². The van der Waals surface area contributed by atoms with Crippen LogP contribution in [0.3, 0.4) is 0 Å². The fraction of sp³-hybridized carbons (Fsp3) is 0.778. The SMILES string of the molecule is CCCc1n[nH]c(=S)n1C1CC1C. The van der Waals surface area contributed by atoms with Crippen molar-refractivity contribution in [1.82, 2.24) is 14.8 Å².